The number of ketones is 1. The van der Waals surface area contributed by atoms with Crippen molar-refractivity contribution in [3.05, 3.63) is 29.3 Å². The first-order valence-electron chi connectivity index (χ1n) is 16.3. The number of phenols is 1. The van der Waals surface area contributed by atoms with Gasteiger partial charge in [0.1, 0.15) is 5.75 Å². The Morgan fingerprint density at radius 2 is 1.55 bits per heavy atom. The van der Waals surface area contributed by atoms with E-state index in [0.717, 1.165) is 69.1 Å². The van der Waals surface area contributed by atoms with Crippen LogP contribution in [0, 0.1) is 28.6 Å². The molecule has 3 unspecified atom stereocenters. The van der Waals surface area contributed by atoms with E-state index in [9.17, 15) is 31.9 Å². The highest BCUT2D eigenvalue weighted by atomic mass is 32.2. The zero-order valence-electron chi connectivity index (χ0n) is 24.9. The van der Waals surface area contributed by atoms with E-state index in [-0.39, 0.29) is 23.9 Å². The lowest BCUT2D eigenvalue weighted by Gasteiger charge is -2.53. The molecule has 236 valence electrons. The zero-order chi connectivity index (χ0) is 30.2. The molecule has 0 saturated heterocycles. The van der Waals surface area contributed by atoms with Gasteiger partial charge >= 0.3 is 12.1 Å². The number of rotatable bonds is 14. The van der Waals surface area contributed by atoms with Crippen LogP contribution in [0.15, 0.2) is 18.2 Å². The van der Waals surface area contributed by atoms with Crippen LogP contribution in [0.3, 0.4) is 0 Å². The maximum atomic E-state index is 13.9. The van der Waals surface area contributed by atoms with Gasteiger partial charge < -0.3 is 5.11 Å². The summed E-state index contributed by atoms with van der Waals surface area (Å²) in [5, 5.41) is 10.2. The van der Waals surface area contributed by atoms with Crippen molar-refractivity contribution in [1.82, 2.24) is 0 Å². The monoisotopic (exact) mass is 614 g/mol. The fourth-order valence-corrected chi connectivity index (χ4v) is 10.2. The minimum absolute atomic E-state index is 0.0518. The van der Waals surface area contributed by atoms with Crippen molar-refractivity contribution in [3.8, 4) is 5.75 Å². The number of carbonyl (C=O) groups is 1. The summed E-state index contributed by atoms with van der Waals surface area (Å²) in [5.74, 6) is -1.51. The number of hydrogen-bond donors (Lipinski definition) is 1. The fourth-order valence-electron chi connectivity index (χ4n) is 9.19. The van der Waals surface area contributed by atoms with Gasteiger partial charge in [0, 0.05) is 17.9 Å². The fraction of sp³-hybridized carbons (Fsp3) is 0.794. The van der Waals surface area contributed by atoms with E-state index in [2.05, 4.69) is 6.92 Å². The summed E-state index contributed by atoms with van der Waals surface area (Å²) in [6.07, 6.45) is 9.40. The first-order chi connectivity index (χ1) is 19.9. The van der Waals surface area contributed by atoms with Crippen LogP contribution in [0.25, 0.3) is 0 Å². The number of fused-ring (bicyclic) bond motifs is 6. The molecule has 1 N–H and O–H groups in total. The number of alkyl halides is 5. The second-order valence-corrected chi connectivity index (χ2v) is 15.2. The average molecular weight is 615 g/mol. The summed E-state index contributed by atoms with van der Waals surface area (Å²) in [6.45, 7) is 2.53. The molecule has 4 aliphatic rings. The van der Waals surface area contributed by atoms with Gasteiger partial charge in [-0.05, 0) is 116 Å². The lowest BCUT2D eigenvalue weighted by molar-refractivity contribution is -0.284. The Labute approximate surface area is 252 Å². The number of Topliss-reactive ketones (excluding diaryl/α,β-unsaturated/α-hetero) is 1. The van der Waals surface area contributed by atoms with Crippen molar-refractivity contribution in [2.24, 2.45) is 28.6 Å². The standard InChI is InChI=1S/C34H47F5O2S/c1-31-16-13-25-24-12-11-23(40)22-27(24)30(41)26(29(25)28(31)14-17-32(31)18-19-32)10-7-5-3-2-4-6-8-20-42-21-9-15-33(35,36)34(37,38)39/h11-12,22,25-26,28-29,40H,2-10,13-21H2,1H3/t25?,26-,28?,29?,31-/m0/s1. The summed E-state index contributed by atoms with van der Waals surface area (Å²) in [4.78, 5) is 13.9. The molecule has 3 fully saturated rings. The molecule has 3 saturated carbocycles. The second-order valence-electron chi connectivity index (χ2n) is 14.0. The van der Waals surface area contributed by atoms with Crippen molar-refractivity contribution < 1.29 is 31.9 Å². The third-order valence-corrected chi connectivity index (χ3v) is 12.9. The van der Waals surface area contributed by atoms with E-state index in [1.807, 2.05) is 6.07 Å². The van der Waals surface area contributed by atoms with Crippen molar-refractivity contribution in [1.29, 1.82) is 0 Å². The summed E-state index contributed by atoms with van der Waals surface area (Å²) >= 11 is 1.46. The molecular weight excluding hydrogens is 567 g/mol. The lowest BCUT2D eigenvalue weighted by atomic mass is 9.50. The summed E-state index contributed by atoms with van der Waals surface area (Å²) in [5.41, 5.74) is 2.84. The van der Waals surface area contributed by atoms with Crippen LogP contribution < -0.4 is 0 Å². The molecule has 2 nitrogen and oxygen atoms in total. The molecule has 42 heavy (non-hydrogen) atoms. The minimum Gasteiger partial charge on any atom is -0.508 e. The van der Waals surface area contributed by atoms with Crippen LogP contribution >= 0.6 is 11.8 Å². The van der Waals surface area contributed by atoms with Crippen molar-refractivity contribution in [3.63, 3.8) is 0 Å². The number of halogens is 5. The summed E-state index contributed by atoms with van der Waals surface area (Å²) in [6, 6.07) is 5.49. The van der Waals surface area contributed by atoms with Gasteiger partial charge in [0.25, 0.3) is 0 Å². The number of thioether (sulfide) groups is 1. The van der Waals surface area contributed by atoms with E-state index >= 15 is 0 Å². The molecule has 0 amide bonds. The molecule has 1 aromatic carbocycles. The predicted molar refractivity (Wildman–Crippen MR) is 158 cm³/mol. The van der Waals surface area contributed by atoms with Crippen LogP contribution in [0.1, 0.15) is 131 Å². The van der Waals surface area contributed by atoms with Gasteiger partial charge in [-0.25, -0.2) is 0 Å². The van der Waals surface area contributed by atoms with E-state index in [1.54, 1.807) is 12.1 Å². The Bertz CT molecular complexity index is 1100. The normalized spacial score (nSPS) is 29.8. The van der Waals surface area contributed by atoms with Crippen LogP contribution in [0.4, 0.5) is 22.0 Å². The molecule has 4 aliphatic carbocycles. The van der Waals surface area contributed by atoms with Crippen LogP contribution in [0.5, 0.6) is 5.75 Å². The number of carbonyl (C=O) groups excluding carboxylic acids is 1. The Kier molecular flexibility index (Phi) is 9.62. The number of aromatic hydroxyl groups is 1. The maximum Gasteiger partial charge on any atom is 0.453 e. The van der Waals surface area contributed by atoms with Gasteiger partial charge in [-0.1, -0.05) is 51.5 Å². The zero-order valence-corrected chi connectivity index (χ0v) is 25.7. The van der Waals surface area contributed by atoms with E-state index in [1.165, 1.54) is 49.4 Å². The largest absolute Gasteiger partial charge is 0.508 e. The molecule has 0 radical (unpaired) electrons. The van der Waals surface area contributed by atoms with Crippen LogP contribution in [0.2, 0.25) is 0 Å². The SMILES string of the molecule is C[C@]12CCC3c4ccc(O)cc4C(=O)[C@@H](CCCCCCCCCSCCCC(F)(F)C(F)(F)F)C3C1CCC21CC1. The Balaban J connectivity index is 1.04. The lowest BCUT2D eigenvalue weighted by Crippen LogP contribution is -2.48. The molecule has 5 rings (SSSR count). The Morgan fingerprint density at radius 3 is 2.24 bits per heavy atom. The van der Waals surface area contributed by atoms with Gasteiger partial charge in [0.15, 0.2) is 5.78 Å². The Morgan fingerprint density at radius 1 is 0.881 bits per heavy atom. The average Bonchev–Trinajstić information content (AvgIpc) is 3.67. The van der Waals surface area contributed by atoms with E-state index in [4.69, 9.17) is 0 Å². The molecule has 0 bridgehead atoms. The number of unbranched alkanes of at least 4 members (excludes halogenated alkanes) is 6. The highest BCUT2D eigenvalue weighted by Gasteiger charge is 2.67. The van der Waals surface area contributed by atoms with Crippen molar-refractivity contribution in [2.75, 3.05) is 11.5 Å². The minimum atomic E-state index is -5.45. The first kappa shape index (κ1) is 32.1. The highest BCUT2D eigenvalue weighted by molar-refractivity contribution is 7.99. The molecule has 1 spiro atoms. The van der Waals surface area contributed by atoms with Crippen molar-refractivity contribution in [2.45, 2.75) is 128 Å². The highest BCUT2D eigenvalue weighted by Crippen LogP contribution is 2.76. The molecule has 0 heterocycles. The summed E-state index contributed by atoms with van der Waals surface area (Å²) < 4.78 is 62.5. The van der Waals surface area contributed by atoms with Crippen LogP contribution in [-0.4, -0.2) is 34.5 Å². The van der Waals surface area contributed by atoms with Crippen LogP contribution in [-0.2, 0) is 0 Å². The molecular formula is C34H47F5O2S. The number of hydrogen-bond acceptors (Lipinski definition) is 3. The molecule has 0 aromatic heterocycles. The first-order valence-corrected chi connectivity index (χ1v) is 17.5. The molecule has 0 aliphatic heterocycles. The van der Waals surface area contributed by atoms with E-state index < -0.39 is 18.5 Å². The molecule has 5 atom stereocenters. The number of phenolic OH excluding ortho intramolecular Hbond substituents is 1. The molecule has 8 heteroatoms. The van der Waals surface area contributed by atoms with Crippen molar-refractivity contribution >= 4 is 17.5 Å². The quantitative estimate of drug-likeness (QED) is 0.167. The van der Waals surface area contributed by atoms with Gasteiger partial charge in [-0.2, -0.15) is 33.7 Å². The topological polar surface area (TPSA) is 37.3 Å². The third-order valence-electron chi connectivity index (χ3n) is 11.7. The second kappa shape index (κ2) is 12.6. The Hall–Kier alpha value is -1.31. The maximum absolute atomic E-state index is 13.9. The summed E-state index contributed by atoms with van der Waals surface area (Å²) in [7, 11) is 0. The van der Waals surface area contributed by atoms with Gasteiger partial charge in [0.2, 0.25) is 0 Å². The predicted octanol–water partition coefficient (Wildman–Crippen LogP) is 10.7. The van der Waals surface area contributed by atoms with E-state index in [0.29, 0.717) is 34.3 Å². The number of benzene rings is 1. The smallest absolute Gasteiger partial charge is 0.453 e. The van der Waals surface area contributed by atoms with Gasteiger partial charge in [-0.3, -0.25) is 4.79 Å². The van der Waals surface area contributed by atoms with Gasteiger partial charge in [-0.15, -0.1) is 0 Å². The van der Waals surface area contributed by atoms with Gasteiger partial charge in [0.05, 0.1) is 0 Å². The molecule has 1 aromatic rings. The third kappa shape index (κ3) is 6.26.